The largest absolute Gasteiger partial charge is 0.395 e. The molecule has 1 heterocycles. The highest BCUT2D eigenvalue weighted by molar-refractivity contribution is 4.95. The fraction of sp³-hybridized carbons (Fsp3) is 1.00. The van der Waals surface area contributed by atoms with Gasteiger partial charge in [-0.25, -0.2) is 0 Å². The van der Waals surface area contributed by atoms with E-state index in [9.17, 15) is 5.11 Å². The lowest BCUT2D eigenvalue weighted by molar-refractivity contribution is 0.0172. The molecular weight excluding hydrogens is 226 g/mol. The Morgan fingerprint density at radius 3 is 2.11 bits per heavy atom. The molecular formula is C14H29N3O. The van der Waals surface area contributed by atoms with Gasteiger partial charge in [-0.15, -0.1) is 0 Å². The van der Waals surface area contributed by atoms with Crippen molar-refractivity contribution < 1.29 is 5.11 Å². The Morgan fingerprint density at radius 2 is 1.72 bits per heavy atom. The molecule has 2 atom stereocenters. The molecule has 2 aliphatic rings. The molecule has 0 aromatic carbocycles. The maximum absolute atomic E-state index is 9.62. The van der Waals surface area contributed by atoms with E-state index >= 15 is 0 Å². The van der Waals surface area contributed by atoms with Crippen molar-refractivity contribution in [2.75, 3.05) is 32.8 Å². The summed E-state index contributed by atoms with van der Waals surface area (Å²) < 4.78 is 0. The fourth-order valence-electron chi connectivity index (χ4n) is 3.00. The SMILES string of the molecule is CC(C)(C)N1CCN(C(CO)C(N)C2CC2)CC1. The lowest BCUT2D eigenvalue weighted by atomic mass is 10.0. The summed E-state index contributed by atoms with van der Waals surface area (Å²) in [5.41, 5.74) is 6.52. The first-order valence-corrected chi connectivity index (χ1v) is 7.29. The fourth-order valence-corrected chi connectivity index (χ4v) is 3.00. The molecule has 18 heavy (non-hydrogen) atoms. The van der Waals surface area contributed by atoms with Crippen LogP contribution < -0.4 is 5.73 Å². The second-order valence-corrected chi connectivity index (χ2v) is 6.86. The first kappa shape index (κ1) is 14.3. The summed E-state index contributed by atoms with van der Waals surface area (Å²) in [5.74, 6) is 0.655. The number of aliphatic hydroxyl groups excluding tert-OH is 1. The smallest absolute Gasteiger partial charge is 0.0602 e. The average molecular weight is 255 g/mol. The van der Waals surface area contributed by atoms with Crippen molar-refractivity contribution in [2.24, 2.45) is 11.7 Å². The van der Waals surface area contributed by atoms with Crippen molar-refractivity contribution in [3.63, 3.8) is 0 Å². The molecule has 0 aromatic heterocycles. The summed E-state index contributed by atoms with van der Waals surface area (Å²) >= 11 is 0. The van der Waals surface area contributed by atoms with Crippen LogP contribution in [0.4, 0.5) is 0 Å². The van der Waals surface area contributed by atoms with Crippen LogP contribution in [0, 0.1) is 5.92 Å². The third kappa shape index (κ3) is 3.23. The molecule has 0 aromatic rings. The molecule has 0 amide bonds. The Labute approximate surface area is 111 Å². The minimum atomic E-state index is 0.163. The molecule has 4 nitrogen and oxygen atoms in total. The zero-order valence-corrected chi connectivity index (χ0v) is 12.1. The van der Waals surface area contributed by atoms with Crippen molar-refractivity contribution >= 4 is 0 Å². The first-order valence-electron chi connectivity index (χ1n) is 7.29. The van der Waals surface area contributed by atoms with Crippen LogP contribution in [0.25, 0.3) is 0 Å². The van der Waals surface area contributed by atoms with Crippen LogP contribution in [0.3, 0.4) is 0 Å². The van der Waals surface area contributed by atoms with Crippen LogP contribution in [0.15, 0.2) is 0 Å². The molecule has 1 aliphatic carbocycles. The van der Waals surface area contributed by atoms with E-state index in [1.807, 2.05) is 0 Å². The summed E-state index contributed by atoms with van der Waals surface area (Å²) in [5, 5.41) is 9.62. The van der Waals surface area contributed by atoms with Gasteiger partial charge in [0.2, 0.25) is 0 Å². The zero-order valence-electron chi connectivity index (χ0n) is 12.1. The monoisotopic (exact) mass is 255 g/mol. The molecule has 1 saturated carbocycles. The standard InChI is InChI=1S/C14H29N3O/c1-14(2,3)17-8-6-16(7-9-17)12(10-18)13(15)11-4-5-11/h11-13,18H,4-10,15H2,1-3H3. The molecule has 1 saturated heterocycles. The van der Waals surface area contributed by atoms with Crippen LogP contribution in [-0.2, 0) is 0 Å². The predicted molar refractivity (Wildman–Crippen MR) is 74.5 cm³/mol. The van der Waals surface area contributed by atoms with E-state index in [0.717, 1.165) is 26.2 Å². The average Bonchev–Trinajstić information content (AvgIpc) is 3.13. The minimum Gasteiger partial charge on any atom is -0.395 e. The summed E-state index contributed by atoms with van der Waals surface area (Å²) in [4.78, 5) is 4.91. The number of nitrogens with zero attached hydrogens (tertiary/aromatic N) is 2. The second kappa shape index (κ2) is 5.45. The maximum atomic E-state index is 9.62. The van der Waals surface area contributed by atoms with E-state index in [1.54, 1.807) is 0 Å². The van der Waals surface area contributed by atoms with Gasteiger partial charge in [-0.2, -0.15) is 0 Å². The van der Waals surface area contributed by atoms with Gasteiger partial charge in [-0.05, 0) is 39.5 Å². The highest BCUT2D eigenvalue weighted by Crippen LogP contribution is 2.34. The summed E-state index contributed by atoms with van der Waals surface area (Å²) in [6.07, 6.45) is 2.50. The maximum Gasteiger partial charge on any atom is 0.0602 e. The lowest BCUT2D eigenvalue weighted by Gasteiger charge is -2.45. The van der Waals surface area contributed by atoms with Crippen molar-refractivity contribution in [3.8, 4) is 0 Å². The van der Waals surface area contributed by atoms with E-state index < -0.39 is 0 Å². The van der Waals surface area contributed by atoms with Crippen LogP contribution in [0.2, 0.25) is 0 Å². The molecule has 106 valence electrons. The van der Waals surface area contributed by atoms with Gasteiger partial charge in [0.25, 0.3) is 0 Å². The van der Waals surface area contributed by atoms with Gasteiger partial charge in [0.15, 0.2) is 0 Å². The summed E-state index contributed by atoms with van der Waals surface area (Å²) in [6.45, 7) is 11.2. The third-order valence-corrected chi connectivity index (χ3v) is 4.53. The molecule has 4 heteroatoms. The van der Waals surface area contributed by atoms with Gasteiger partial charge in [0.05, 0.1) is 6.61 Å². The number of hydrogen-bond acceptors (Lipinski definition) is 4. The van der Waals surface area contributed by atoms with E-state index in [1.165, 1.54) is 12.8 Å². The van der Waals surface area contributed by atoms with Crippen molar-refractivity contribution in [1.29, 1.82) is 0 Å². The van der Waals surface area contributed by atoms with Crippen LogP contribution in [0.1, 0.15) is 33.6 Å². The second-order valence-electron chi connectivity index (χ2n) is 6.86. The molecule has 1 aliphatic heterocycles. The molecule has 2 unspecified atom stereocenters. The Hall–Kier alpha value is -0.160. The normalized spacial score (nSPS) is 27.2. The van der Waals surface area contributed by atoms with Crippen LogP contribution in [-0.4, -0.2) is 65.3 Å². The Kier molecular flexibility index (Phi) is 4.32. The first-order chi connectivity index (χ1) is 8.43. The number of nitrogens with two attached hydrogens (primary N) is 1. The number of rotatable bonds is 4. The Morgan fingerprint density at radius 1 is 1.17 bits per heavy atom. The van der Waals surface area contributed by atoms with E-state index in [-0.39, 0.29) is 24.2 Å². The molecule has 3 N–H and O–H groups in total. The Bertz CT molecular complexity index is 265. The van der Waals surface area contributed by atoms with Crippen molar-refractivity contribution in [3.05, 3.63) is 0 Å². The number of piperazine rings is 1. The van der Waals surface area contributed by atoms with Gasteiger partial charge >= 0.3 is 0 Å². The van der Waals surface area contributed by atoms with Gasteiger partial charge in [0, 0.05) is 43.8 Å². The van der Waals surface area contributed by atoms with Crippen LogP contribution in [0.5, 0.6) is 0 Å². The topological polar surface area (TPSA) is 52.7 Å². The molecule has 0 spiro atoms. The van der Waals surface area contributed by atoms with E-state index in [4.69, 9.17) is 5.73 Å². The van der Waals surface area contributed by atoms with Gasteiger partial charge in [-0.3, -0.25) is 9.80 Å². The van der Waals surface area contributed by atoms with Crippen LogP contribution >= 0.6 is 0 Å². The highest BCUT2D eigenvalue weighted by atomic mass is 16.3. The van der Waals surface area contributed by atoms with Gasteiger partial charge in [-0.1, -0.05) is 0 Å². The van der Waals surface area contributed by atoms with E-state index in [2.05, 4.69) is 30.6 Å². The van der Waals surface area contributed by atoms with Gasteiger partial charge in [0.1, 0.15) is 0 Å². The highest BCUT2D eigenvalue weighted by Gasteiger charge is 2.38. The molecule has 0 radical (unpaired) electrons. The quantitative estimate of drug-likeness (QED) is 0.768. The lowest BCUT2D eigenvalue weighted by Crippen LogP contribution is -2.60. The summed E-state index contributed by atoms with van der Waals surface area (Å²) in [7, 11) is 0. The number of hydrogen-bond donors (Lipinski definition) is 2. The predicted octanol–water partition coefficient (Wildman–Crippen LogP) is 0.501. The van der Waals surface area contributed by atoms with Gasteiger partial charge < -0.3 is 10.8 Å². The molecule has 0 bridgehead atoms. The van der Waals surface area contributed by atoms with Crippen molar-refractivity contribution in [2.45, 2.75) is 51.2 Å². The summed E-state index contributed by atoms with van der Waals surface area (Å²) in [6, 6.07) is 0.329. The molecule has 2 fully saturated rings. The third-order valence-electron chi connectivity index (χ3n) is 4.53. The molecule has 2 rings (SSSR count). The van der Waals surface area contributed by atoms with Crippen molar-refractivity contribution in [1.82, 2.24) is 9.80 Å². The zero-order chi connectivity index (χ0) is 13.3. The Balaban J connectivity index is 1.87. The number of aliphatic hydroxyl groups is 1. The minimum absolute atomic E-state index is 0.163. The van der Waals surface area contributed by atoms with E-state index in [0.29, 0.717) is 5.92 Å².